The number of hydrogen-bond acceptors (Lipinski definition) is 6. The molecule has 0 saturated carbocycles. The molecule has 0 unspecified atom stereocenters. The lowest BCUT2D eigenvalue weighted by atomic mass is 10.3. The molecule has 0 fully saturated rings. The van der Waals surface area contributed by atoms with Gasteiger partial charge >= 0.3 is 5.69 Å². The first-order valence-corrected chi connectivity index (χ1v) is 5.16. The molecule has 0 N–H and O–H groups in total. The van der Waals surface area contributed by atoms with Crippen LogP contribution in [0.3, 0.4) is 0 Å². The first-order chi connectivity index (χ1) is 9.20. The molecule has 0 spiro atoms. The van der Waals surface area contributed by atoms with Crippen molar-refractivity contribution < 1.29 is 14.5 Å². The van der Waals surface area contributed by atoms with E-state index < -0.39 is 4.92 Å². The SMILES string of the molecule is O=C=Nc1ccc(Oc2ncccc2[N+](=O)[O-])cc1. The zero-order valence-corrected chi connectivity index (χ0v) is 9.52. The summed E-state index contributed by atoms with van der Waals surface area (Å²) in [5.41, 5.74) is 0.190. The molecular weight excluding hydrogens is 250 g/mol. The monoisotopic (exact) mass is 257 g/mol. The van der Waals surface area contributed by atoms with Crippen LogP contribution < -0.4 is 4.74 Å². The fourth-order valence-corrected chi connectivity index (χ4v) is 1.35. The van der Waals surface area contributed by atoms with Crippen molar-refractivity contribution in [3.63, 3.8) is 0 Å². The minimum absolute atomic E-state index is 0.0980. The van der Waals surface area contributed by atoms with E-state index in [0.29, 0.717) is 11.4 Å². The predicted molar refractivity (Wildman–Crippen MR) is 65.2 cm³/mol. The molecule has 0 aliphatic rings. The number of isocyanates is 1. The molecule has 0 radical (unpaired) electrons. The molecule has 2 aromatic rings. The van der Waals surface area contributed by atoms with Gasteiger partial charge in [0, 0.05) is 12.3 Å². The third kappa shape index (κ3) is 2.99. The number of aromatic nitrogens is 1. The Hall–Kier alpha value is -3.05. The average Bonchev–Trinajstić information content (AvgIpc) is 2.42. The molecule has 1 aromatic heterocycles. The molecule has 94 valence electrons. The van der Waals surface area contributed by atoms with Crippen molar-refractivity contribution in [3.8, 4) is 11.6 Å². The van der Waals surface area contributed by atoms with Crippen molar-refractivity contribution in [1.82, 2.24) is 4.98 Å². The lowest BCUT2D eigenvalue weighted by Gasteiger charge is -2.04. The van der Waals surface area contributed by atoms with Crippen molar-refractivity contribution in [3.05, 3.63) is 52.7 Å². The number of rotatable bonds is 4. The van der Waals surface area contributed by atoms with E-state index in [4.69, 9.17) is 4.74 Å². The van der Waals surface area contributed by atoms with Gasteiger partial charge in [-0.1, -0.05) is 0 Å². The highest BCUT2D eigenvalue weighted by Crippen LogP contribution is 2.29. The molecule has 0 bridgehead atoms. The van der Waals surface area contributed by atoms with Gasteiger partial charge < -0.3 is 4.74 Å². The van der Waals surface area contributed by atoms with Gasteiger partial charge in [-0.3, -0.25) is 10.1 Å². The summed E-state index contributed by atoms with van der Waals surface area (Å²) in [6, 6.07) is 8.84. The number of hydrogen-bond donors (Lipinski definition) is 0. The summed E-state index contributed by atoms with van der Waals surface area (Å²) in [6.07, 6.45) is 2.81. The first-order valence-electron chi connectivity index (χ1n) is 5.16. The summed E-state index contributed by atoms with van der Waals surface area (Å²) >= 11 is 0. The number of nitrogens with zero attached hydrogens (tertiary/aromatic N) is 3. The Morgan fingerprint density at radius 1 is 1.26 bits per heavy atom. The van der Waals surface area contributed by atoms with Gasteiger partial charge in [0.15, 0.2) is 0 Å². The van der Waals surface area contributed by atoms with E-state index >= 15 is 0 Å². The predicted octanol–water partition coefficient (Wildman–Crippen LogP) is 2.75. The van der Waals surface area contributed by atoms with Crippen molar-refractivity contribution in [2.24, 2.45) is 4.99 Å². The van der Waals surface area contributed by atoms with Crippen molar-refractivity contribution in [2.75, 3.05) is 0 Å². The summed E-state index contributed by atoms with van der Waals surface area (Å²) < 4.78 is 5.31. The molecule has 0 saturated heterocycles. The van der Waals surface area contributed by atoms with Crippen LogP contribution in [-0.4, -0.2) is 16.0 Å². The topological polar surface area (TPSA) is 94.7 Å². The van der Waals surface area contributed by atoms with E-state index in [2.05, 4.69) is 9.98 Å². The fraction of sp³-hybridized carbons (Fsp3) is 0. The van der Waals surface area contributed by atoms with E-state index in [1.54, 1.807) is 0 Å². The van der Waals surface area contributed by atoms with Gasteiger partial charge in [-0.05, 0) is 30.3 Å². The molecule has 7 nitrogen and oxygen atoms in total. The minimum atomic E-state index is -0.576. The van der Waals surface area contributed by atoms with Gasteiger partial charge in [-0.25, -0.2) is 9.78 Å². The summed E-state index contributed by atoms with van der Waals surface area (Å²) in [7, 11) is 0. The Bertz CT molecular complexity index is 648. The first kappa shape index (κ1) is 12.4. The maximum atomic E-state index is 10.8. The largest absolute Gasteiger partial charge is 0.434 e. The van der Waals surface area contributed by atoms with Crippen molar-refractivity contribution in [2.45, 2.75) is 0 Å². The van der Waals surface area contributed by atoms with Crippen molar-refractivity contribution >= 4 is 17.5 Å². The van der Waals surface area contributed by atoms with Crippen molar-refractivity contribution in [1.29, 1.82) is 0 Å². The molecule has 0 amide bonds. The van der Waals surface area contributed by atoms with E-state index in [9.17, 15) is 14.9 Å². The van der Waals surface area contributed by atoms with Gasteiger partial charge in [0.1, 0.15) is 5.75 Å². The number of benzene rings is 1. The Morgan fingerprint density at radius 3 is 2.63 bits per heavy atom. The lowest BCUT2D eigenvalue weighted by molar-refractivity contribution is -0.386. The van der Waals surface area contributed by atoms with Gasteiger partial charge in [0.05, 0.1) is 10.6 Å². The highest BCUT2D eigenvalue weighted by molar-refractivity contribution is 5.51. The molecule has 1 aromatic carbocycles. The highest BCUT2D eigenvalue weighted by Gasteiger charge is 2.16. The number of aliphatic imine (C=N–C) groups is 1. The molecule has 0 aliphatic carbocycles. The van der Waals surface area contributed by atoms with Crippen LogP contribution in [0.4, 0.5) is 11.4 Å². The highest BCUT2D eigenvalue weighted by atomic mass is 16.6. The molecule has 0 aliphatic heterocycles. The van der Waals surface area contributed by atoms with Gasteiger partial charge in [0.25, 0.3) is 5.88 Å². The van der Waals surface area contributed by atoms with Gasteiger partial charge in [-0.15, -0.1) is 0 Å². The van der Waals surface area contributed by atoms with E-state index in [-0.39, 0.29) is 11.6 Å². The Balaban J connectivity index is 2.26. The number of nitro groups is 1. The fourth-order valence-electron chi connectivity index (χ4n) is 1.35. The standard InChI is InChI=1S/C12H7N3O4/c16-8-14-9-3-5-10(6-4-9)19-12-11(15(17)18)2-1-7-13-12/h1-7H. The molecule has 19 heavy (non-hydrogen) atoms. The molecular formula is C12H7N3O4. The van der Waals surface area contributed by atoms with E-state index in [1.165, 1.54) is 48.7 Å². The van der Waals surface area contributed by atoms with E-state index in [0.717, 1.165) is 0 Å². The molecule has 2 rings (SSSR count). The average molecular weight is 257 g/mol. The maximum Gasteiger partial charge on any atom is 0.331 e. The van der Waals surface area contributed by atoms with E-state index in [1.807, 2.05) is 0 Å². The molecule has 1 heterocycles. The third-order valence-corrected chi connectivity index (χ3v) is 2.17. The zero-order chi connectivity index (χ0) is 13.7. The van der Waals surface area contributed by atoms with Crippen LogP contribution >= 0.6 is 0 Å². The van der Waals surface area contributed by atoms with Gasteiger partial charge in [-0.2, -0.15) is 4.99 Å². The van der Waals surface area contributed by atoms with Crippen LogP contribution in [0.1, 0.15) is 0 Å². The zero-order valence-electron chi connectivity index (χ0n) is 9.52. The normalized spacial score (nSPS) is 9.47. The summed E-state index contributed by atoms with van der Waals surface area (Å²) in [6.45, 7) is 0. The molecule has 0 atom stereocenters. The summed E-state index contributed by atoms with van der Waals surface area (Å²) in [4.78, 5) is 27.5. The summed E-state index contributed by atoms with van der Waals surface area (Å²) in [5, 5.41) is 10.8. The quantitative estimate of drug-likeness (QED) is 0.363. The van der Waals surface area contributed by atoms with Crippen LogP contribution in [0.15, 0.2) is 47.6 Å². The van der Waals surface area contributed by atoms with Crippen LogP contribution in [0.5, 0.6) is 11.6 Å². The number of carbonyl (C=O) groups excluding carboxylic acids is 1. The minimum Gasteiger partial charge on any atom is -0.434 e. The Morgan fingerprint density at radius 2 is 2.00 bits per heavy atom. The third-order valence-electron chi connectivity index (χ3n) is 2.17. The van der Waals surface area contributed by atoms with Gasteiger partial charge in [0.2, 0.25) is 6.08 Å². The van der Waals surface area contributed by atoms with Crippen LogP contribution in [0.2, 0.25) is 0 Å². The van der Waals surface area contributed by atoms with Crippen LogP contribution in [0.25, 0.3) is 0 Å². The second-order valence-electron chi connectivity index (χ2n) is 3.38. The maximum absolute atomic E-state index is 10.8. The van der Waals surface area contributed by atoms with Crippen LogP contribution in [0, 0.1) is 10.1 Å². The Labute approximate surface area is 107 Å². The van der Waals surface area contributed by atoms with Crippen LogP contribution in [-0.2, 0) is 4.79 Å². The smallest absolute Gasteiger partial charge is 0.331 e. The molecule has 7 heteroatoms. The lowest BCUT2D eigenvalue weighted by Crippen LogP contribution is -1.95. The number of pyridine rings is 1. The number of ether oxygens (including phenoxy) is 1. The second kappa shape index (κ2) is 5.52. The summed E-state index contributed by atoms with van der Waals surface area (Å²) in [5.74, 6) is 0.255. The Kier molecular flexibility index (Phi) is 3.61. The second-order valence-corrected chi connectivity index (χ2v) is 3.38.